The van der Waals surface area contributed by atoms with Crippen LogP contribution >= 0.6 is 0 Å². The highest BCUT2D eigenvalue weighted by molar-refractivity contribution is 5.98. The largest absolute Gasteiger partial charge is 0.376 e. The van der Waals surface area contributed by atoms with Gasteiger partial charge in [0, 0.05) is 23.0 Å². The number of aryl methyl sites for hydroxylation is 2. The molecule has 28 heavy (non-hydrogen) atoms. The van der Waals surface area contributed by atoms with E-state index >= 15 is 0 Å². The van der Waals surface area contributed by atoms with Gasteiger partial charge in [-0.3, -0.25) is 9.59 Å². The molecule has 1 saturated carbocycles. The van der Waals surface area contributed by atoms with E-state index in [-0.39, 0.29) is 24.4 Å². The second-order valence-electron chi connectivity index (χ2n) is 7.67. The first-order valence-electron chi connectivity index (χ1n) is 10.0. The number of benzene rings is 2. The Morgan fingerprint density at radius 3 is 2.36 bits per heavy atom. The molecule has 0 spiro atoms. The minimum absolute atomic E-state index is 0.0728. The molecule has 0 bridgehead atoms. The number of amides is 2. The van der Waals surface area contributed by atoms with Crippen LogP contribution in [-0.2, 0) is 4.79 Å². The lowest BCUT2D eigenvalue weighted by molar-refractivity contribution is -0.114. The summed E-state index contributed by atoms with van der Waals surface area (Å²) < 4.78 is 0. The molecule has 1 aliphatic carbocycles. The van der Waals surface area contributed by atoms with Gasteiger partial charge in [0.2, 0.25) is 5.91 Å². The van der Waals surface area contributed by atoms with E-state index in [9.17, 15) is 9.59 Å². The van der Waals surface area contributed by atoms with Crippen molar-refractivity contribution in [1.29, 1.82) is 0 Å². The molecule has 0 saturated heterocycles. The number of anilines is 2. The van der Waals surface area contributed by atoms with Gasteiger partial charge < -0.3 is 16.0 Å². The fourth-order valence-electron chi connectivity index (χ4n) is 3.72. The van der Waals surface area contributed by atoms with Gasteiger partial charge in [-0.05, 0) is 68.1 Å². The summed E-state index contributed by atoms with van der Waals surface area (Å²) in [6, 6.07) is 13.5. The van der Waals surface area contributed by atoms with E-state index in [1.54, 1.807) is 24.3 Å². The molecule has 3 N–H and O–H groups in total. The Bertz CT molecular complexity index is 821. The van der Waals surface area contributed by atoms with Gasteiger partial charge in [-0.1, -0.05) is 31.4 Å². The number of rotatable bonds is 6. The number of nitrogens with one attached hydrogen (secondary N) is 3. The topological polar surface area (TPSA) is 70.2 Å². The predicted octanol–water partition coefficient (Wildman–Crippen LogP) is 4.42. The fraction of sp³-hybridized carbons (Fsp3) is 0.391. The molecule has 2 amide bonds. The molecule has 0 radical (unpaired) electrons. The second-order valence-corrected chi connectivity index (χ2v) is 7.67. The summed E-state index contributed by atoms with van der Waals surface area (Å²) in [6.07, 6.45) is 5.70. The maximum absolute atomic E-state index is 12.5. The lowest BCUT2D eigenvalue weighted by Gasteiger charge is -2.22. The van der Waals surface area contributed by atoms with Crippen LogP contribution in [0.2, 0.25) is 0 Å². The molecule has 1 aliphatic rings. The van der Waals surface area contributed by atoms with Crippen molar-refractivity contribution in [3.8, 4) is 0 Å². The summed E-state index contributed by atoms with van der Waals surface area (Å²) in [5.41, 5.74) is 4.43. The zero-order valence-electron chi connectivity index (χ0n) is 16.7. The fourth-order valence-corrected chi connectivity index (χ4v) is 3.72. The maximum atomic E-state index is 12.5. The summed E-state index contributed by atoms with van der Waals surface area (Å²) in [6.45, 7) is 4.23. The lowest BCUT2D eigenvalue weighted by Crippen LogP contribution is -2.36. The molecule has 5 nitrogen and oxygen atoms in total. The number of carbonyl (C=O) groups is 2. The van der Waals surface area contributed by atoms with Gasteiger partial charge in [-0.2, -0.15) is 0 Å². The van der Waals surface area contributed by atoms with E-state index in [0.29, 0.717) is 11.3 Å². The molecule has 0 heterocycles. The minimum atomic E-state index is -0.149. The molecule has 0 unspecified atom stereocenters. The molecular weight excluding hydrogens is 350 g/mol. The third kappa shape index (κ3) is 5.84. The molecule has 0 aliphatic heterocycles. The predicted molar refractivity (Wildman–Crippen MR) is 114 cm³/mol. The average Bonchev–Trinajstić information content (AvgIpc) is 2.67. The SMILES string of the molecule is Cc1cc(C)cc(NCC(=O)Nc2cccc(C(=O)NC3CCCCC3)c2)c1. The van der Waals surface area contributed by atoms with Crippen LogP contribution in [-0.4, -0.2) is 24.4 Å². The van der Waals surface area contributed by atoms with Gasteiger partial charge in [-0.25, -0.2) is 0 Å². The zero-order valence-corrected chi connectivity index (χ0v) is 16.7. The number of hydrogen-bond donors (Lipinski definition) is 3. The van der Waals surface area contributed by atoms with Crippen LogP contribution in [0.5, 0.6) is 0 Å². The van der Waals surface area contributed by atoms with E-state index < -0.39 is 0 Å². The summed E-state index contributed by atoms with van der Waals surface area (Å²) in [7, 11) is 0. The van der Waals surface area contributed by atoms with E-state index in [2.05, 4.69) is 22.0 Å². The third-order valence-corrected chi connectivity index (χ3v) is 5.02. The Morgan fingerprint density at radius 2 is 1.64 bits per heavy atom. The first kappa shape index (κ1) is 19.9. The van der Waals surface area contributed by atoms with Gasteiger partial charge >= 0.3 is 0 Å². The van der Waals surface area contributed by atoms with Crippen LogP contribution in [0, 0.1) is 13.8 Å². The second kappa shape index (κ2) is 9.40. The van der Waals surface area contributed by atoms with Crippen molar-refractivity contribution in [1.82, 2.24) is 5.32 Å². The van der Waals surface area contributed by atoms with Crippen molar-refractivity contribution >= 4 is 23.2 Å². The zero-order chi connectivity index (χ0) is 19.9. The standard InChI is InChI=1S/C23H29N3O2/c1-16-11-17(2)13-21(12-16)24-15-22(27)25-20-10-6-7-18(14-20)23(28)26-19-8-4-3-5-9-19/h6-7,10-14,19,24H,3-5,8-9,15H2,1-2H3,(H,25,27)(H,26,28). The van der Waals surface area contributed by atoms with Crippen molar-refractivity contribution in [2.45, 2.75) is 52.0 Å². The van der Waals surface area contributed by atoms with Crippen LogP contribution in [0.15, 0.2) is 42.5 Å². The van der Waals surface area contributed by atoms with E-state index in [0.717, 1.165) is 29.7 Å². The first-order valence-corrected chi connectivity index (χ1v) is 10.0. The summed E-state index contributed by atoms with van der Waals surface area (Å²) in [5, 5.41) is 9.11. The van der Waals surface area contributed by atoms with Gasteiger partial charge in [0.15, 0.2) is 0 Å². The molecule has 2 aromatic rings. The third-order valence-electron chi connectivity index (χ3n) is 5.02. The van der Waals surface area contributed by atoms with Crippen LogP contribution in [0.1, 0.15) is 53.6 Å². The maximum Gasteiger partial charge on any atom is 0.251 e. The van der Waals surface area contributed by atoms with Gasteiger partial charge in [-0.15, -0.1) is 0 Å². The smallest absolute Gasteiger partial charge is 0.251 e. The van der Waals surface area contributed by atoms with Crippen molar-refractivity contribution in [3.63, 3.8) is 0 Å². The molecule has 3 rings (SSSR count). The molecule has 2 aromatic carbocycles. The van der Waals surface area contributed by atoms with Crippen LogP contribution < -0.4 is 16.0 Å². The minimum Gasteiger partial charge on any atom is -0.376 e. The summed E-state index contributed by atoms with van der Waals surface area (Å²) >= 11 is 0. The molecule has 5 heteroatoms. The average molecular weight is 380 g/mol. The molecule has 148 valence electrons. The normalized spacial score (nSPS) is 14.4. The number of carbonyl (C=O) groups excluding carboxylic acids is 2. The summed E-state index contributed by atoms with van der Waals surface area (Å²) in [4.78, 5) is 24.8. The van der Waals surface area contributed by atoms with Crippen LogP contribution in [0.25, 0.3) is 0 Å². The number of hydrogen-bond acceptors (Lipinski definition) is 3. The quantitative estimate of drug-likeness (QED) is 0.696. The monoisotopic (exact) mass is 379 g/mol. The molecular formula is C23H29N3O2. The Kier molecular flexibility index (Phi) is 6.69. The van der Waals surface area contributed by atoms with E-state index in [1.807, 2.05) is 26.0 Å². The lowest BCUT2D eigenvalue weighted by atomic mass is 9.95. The molecule has 0 aromatic heterocycles. The van der Waals surface area contributed by atoms with Gasteiger partial charge in [0.25, 0.3) is 5.91 Å². The van der Waals surface area contributed by atoms with Crippen LogP contribution in [0.3, 0.4) is 0 Å². The highest BCUT2D eigenvalue weighted by Gasteiger charge is 2.17. The van der Waals surface area contributed by atoms with E-state index in [4.69, 9.17) is 0 Å². The first-order chi connectivity index (χ1) is 13.5. The van der Waals surface area contributed by atoms with Crippen LogP contribution in [0.4, 0.5) is 11.4 Å². The summed E-state index contributed by atoms with van der Waals surface area (Å²) in [5.74, 6) is -0.222. The Morgan fingerprint density at radius 1 is 0.929 bits per heavy atom. The molecule has 0 atom stereocenters. The van der Waals surface area contributed by atoms with Crippen molar-refractivity contribution in [3.05, 3.63) is 59.2 Å². The molecule has 1 fully saturated rings. The van der Waals surface area contributed by atoms with Gasteiger partial charge in [0.1, 0.15) is 0 Å². The Balaban J connectivity index is 1.54. The van der Waals surface area contributed by atoms with E-state index in [1.165, 1.54) is 19.3 Å². The highest BCUT2D eigenvalue weighted by atomic mass is 16.2. The van der Waals surface area contributed by atoms with Crippen molar-refractivity contribution in [2.24, 2.45) is 0 Å². The van der Waals surface area contributed by atoms with Crippen molar-refractivity contribution in [2.75, 3.05) is 17.2 Å². The highest BCUT2D eigenvalue weighted by Crippen LogP contribution is 2.19. The Hall–Kier alpha value is -2.82. The Labute approximate surface area is 166 Å². The van der Waals surface area contributed by atoms with Gasteiger partial charge in [0.05, 0.1) is 6.54 Å². The van der Waals surface area contributed by atoms with Crippen molar-refractivity contribution < 1.29 is 9.59 Å².